The van der Waals surface area contributed by atoms with Crippen LogP contribution in [0.25, 0.3) is 0 Å². The number of likely N-dealkylation sites (N-methyl/N-ethyl adjacent to an activating group) is 1. The molecule has 0 unspecified atom stereocenters. The van der Waals surface area contributed by atoms with E-state index in [0.717, 1.165) is 10.9 Å². The number of halogens is 1. The van der Waals surface area contributed by atoms with Gasteiger partial charge in [-0.2, -0.15) is 0 Å². The zero-order valence-electron chi connectivity index (χ0n) is 17.6. The van der Waals surface area contributed by atoms with Gasteiger partial charge in [-0.05, 0) is 56.7 Å². The molecule has 7 heteroatoms. The fraction of sp³-hybridized carbons (Fsp3) is 0.500. The van der Waals surface area contributed by atoms with Crippen LogP contribution in [0.5, 0.6) is 0 Å². The standard InChI is InChI=1S/C22H28BrN3O3/c1-6-18-19(29-12-24-18)21(28)26(5)11-22(3,4)25-20(27)16-10-15(16)14-8-7-13(2)9-17(14)23/h7-9,12,15-16H,6,10-11H2,1-5H3,(H,25,27)/t15-,16+/m0/s1. The largest absolute Gasteiger partial charge is 0.438 e. The van der Waals surface area contributed by atoms with Gasteiger partial charge in [-0.25, -0.2) is 4.98 Å². The zero-order valence-corrected chi connectivity index (χ0v) is 19.2. The Kier molecular flexibility index (Phi) is 6.17. The number of nitrogens with zero attached hydrogens (tertiary/aromatic N) is 2. The number of rotatable bonds is 7. The third-order valence-corrected chi connectivity index (χ3v) is 5.98. The Morgan fingerprint density at radius 3 is 2.76 bits per heavy atom. The van der Waals surface area contributed by atoms with E-state index in [4.69, 9.17) is 4.42 Å². The molecular weight excluding hydrogens is 434 g/mol. The monoisotopic (exact) mass is 461 g/mol. The molecule has 1 aliphatic rings. The molecule has 0 saturated heterocycles. The maximum Gasteiger partial charge on any atom is 0.291 e. The van der Waals surface area contributed by atoms with Crippen molar-refractivity contribution in [1.29, 1.82) is 0 Å². The van der Waals surface area contributed by atoms with Crippen molar-refractivity contribution in [2.24, 2.45) is 5.92 Å². The van der Waals surface area contributed by atoms with E-state index in [0.29, 0.717) is 18.7 Å². The Bertz CT molecular complexity index is 922. The predicted octanol–water partition coefficient (Wildman–Crippen LogP) is 4.08. The molecule has 1 saturated carbocycles. The molecule has 1 aliphatic carbocycles. The molecule has 2 atom stereocenters. The second kappa shape index (κ2) is 8.30. The van der Waals surface area contributed by atoms with Crippen LogP contribution in [0.1, 0.15) is 60.5 Å². The molecule has 0 spiro atoms. The molecule has 3 rings (SSSR count). The third kappa shape index (κ3) is 4.89. The first-order valence-electron chi connectivity index (χ1n) is 9.89. The minimum atomic E-state index is -0.564. The number of amides is 2. The van der Waals surface area contributed by atoms with Crippen molar-refractivity contribution in [3.8, 4) is 0 Å². The molecule has 1 aromatic carbocycles. The molecule has 29 heavy (non-hydrogen) atoms. The van der Waals surface area contributed by atoms with E-state index < -0.39 is 5.54 Å². The predicted molar refractivity (Wildman–Crippen MR) is 115 cm³/mol. The number of aryl methyl sites for hydroxylation is 2. The highest BCUT2D eigenvalue weighted by atomic mass is 79.9. The van der Waals surface area contributed by atoms with Crippen LogP contribution in [0.15, 0.2) is 33.5 Å². The van der Waals surface area contributed by atoms with Crippen molar-refractivity contribution >= 4 is 27.7 Å². The quantitative estimate of drug-likeness (QED) is 0.673. The molecule has 1 heterocycles. The van der Waals surface area contributed by atoms with Gasteiger partial charge in [-0.3, -0.25) is 9.59 Å². The topological polar surface area (TPSA) is 75.4 Å². The van der Waals surface area contributed by atoms with Gasteiger partial charge in [0.05, 0.1) is 11.2 Å². The summed E-state index contributed by atoms with van der Waals surface area (Å²) in [6.07, 6.45) is 2.77. The molecule has 6 nitrogen and oxygen atoms in total. The van der Waals surface area contributed by atoms with E-state index in [1.54, 1.807) is 11.9 Å². The highest BCUT2D eigenvalue weighted by Crippen LogP contribution is 2.50. The van der Waals surface area contributed by atoms with E-state index in [2.05, 4.69) is 44.4 Å². The molecule has 0 radical (unpaired) electrons. The van der Waals surface area contributed by atoms with Gasteiger partial charge < -0.3 is 14.6 Å². The summed E-state index contributed by atoms with van der Waals surface area (Å²) in [7, 11) is 1.71. The van der Waals surface area contributed by atoms with Crippen LogP contribution >= 0.6 is 15.9 Å². The summed E-state index contributed by atoms with van der Waals surface area (Å²) < 4.78 is 6.33. The van der Waals surface area contributed by atoms with Crippen LogP contribution in [0.2, 0.25) is 0 Å². The Balaban J connectivity index is 1.59. The van der Waals surface area contributed by atoms with Crippen LogP contribution in [0, 0.1) is 12.8 Å². The van der Waals surface area contributed by atoms with E-state index in [1.165, 1.54) is 17.5 Å². The maximum absolute atomic E-state index is 12.8. The number of benzene rings is 1. The summed E-state index contributed by atoms with van der Waals surface area (Å²) in [5, 5.41) is 3.11. The van der Waals surface area contributed by atoms with Crippen LogP contribution in [-0.4, -0.2) is 40.8 Å². The maximum atomic E-state index is 12.8. The van der Waals surface area contributed by atoms with Crippen LogP contribution in [0.3, 0.4) is 0 Å². The van der Waals surface area contributed by atoms with Crippen molar-refractivity contribution in [1.82, 2.24) is 15.2 Å². The Morgan fingerprint density at radius 1 is 1.38 bits per heavy atom. The lowest BCUT2D eigenvalue weighted by atomic mass is 10.0. The first kappa shape index (κ1) is 21.6. The summed E-state index contributed by atoms with van der Waals surface area (Å²) in [4.78, 5) is 31.1. The average molecular weight is 462 g/mol. The number of carbonyl (C=O) groups is 2. The molecule has 2 aromatic rings. The SMILES string of the molecule is CCc1ncoc1C(=O)N(C)CC(C)(C)NC(=O)[C@@H]1C[C@H]1c1ccc(C)cc1Br. The molecular formula is C22H28BrN3O3. The zero-order chi connectivity index (χ0) is 21.3. The van der Waals surface area contributed by atoms with E-state index in [1.807, 2.05) is 27.7 Å². The average Bonchev–Trinajstić information content (AvgIpc) is 3.28. The molecule has 156 valence electrons. The highest BCUT2D eigenvalue weighted by molar-refractivity contribution is 9.10. The lowest BCUT2D eigenvalue weighted by Crippen LogP contribution is -2.52. The molecule has 1 N–H and O–H groups in total. The van der Waals surface area contributed by atoms with Crippen molar-refractivity contribution in [2.75, 3.05) is 13.6 Å². The van der Waals surface area contributed by atoms with Gasteiger partial charge in [0.1, 0.15) is 0 Å². The number of oxazole rings is 1. The second-order valence-corrected chi connectivity index (χ2v) is 9.34. The van der Waals surface area contributed by atoms with Gasteiger partial charge in [0.15, 0.2) is 6.39 Å². The fourth-order valence-electron chi connectivity index (χ4n) is 3.76. The summed E-state index contributed by atoms with van der Waals surface area (Å²) >= 11 is 3.62. The normalized spacial score (nSPS) is 18.4. The lowest BCUT2D eigenvalue weighted by molar-refractivity contribution is -0.124. The van der Waals surface area contributed by atoms with Gasteiger partial charge in [-0.1, -0.05) is 35.0 Å². The first-order chi connectivity index (χ1) is 13.6. The minimum Gasteiger partial charge on any atom is -0.438 e. The van der Waals surface area contributed by atoms with Crippen molar-refractivity contribution in [3.63, 3.8) is 0 Å². The highest BCUT2D eigenvalue weighted by Gasteiger charge is 2.46. The van der Waals surface area contributed by atoms with E-state index in [-0.39, 0.29) is 29.4 Å². The molecule has 1 aromatic heterocycles. The Morgan fingerprint density at radius 2 is 2.10 bits per heavy atom. The minimum absolute atomic E-state index is 0.0298. The van der Waals surface area contributed by atoms with Gasteiger partial charge in [0, 0.05) is 24.0 Å². The van der Waals surface area contributed by atoms with Crippen LogP contribution < -0.4 is 5.32 Å². The summed E-state index contributed by atoms with van der Waals surface area (Å²) in [6.45, 7) is 8.20. The smallest absolute Gasteiger partial charge is 0.291 e. The van der Waals surface area contributed by atoms with E-state index in [9.17, 15) is 9.59 Å². The number of hydrogen-bond donors (Lipinski definition) is 1. The first-order valence-corrected chi connectivity index (χ1v) is 10.7. The van der Waals surface area contributed by atoms with Crippen molar-refractivity contribution in [3.05, 3.63) is 51.6 Å². The van der Waals surface area contributed by atoms with Gasteiger partial charge >= 0.3 is 0 Å². The number of nitrogens with one attached hydrogen (secondary N) is 1. The summed E-state index contributed by atoms with van der Waals surface area (Å²) in [5.74, 6) is 0.275. The molecule has 2 amide bonds. The van der Waals surface area contributed by atoms with Gasteiger partial charge in [0.2, 0.25) is 11.7 Å². The number of hydrogen-bond acceptors (Lipinski definition) is 4. The van der Waals surface area contributed by atoms with E-state index >= 15 is 0 Å². The molecule has 0 bridgehead atoms. The van der Waals surface area contributed by atoms with Gasteiger partial charge in [-0.15, -0.1) is 0 Å². The third-order valence-electron chi connectivity index (χ3n) is 5.29. The molecule has 1 fully saturated rings. The second-order valence-electron chi connectivity index (χ2n) is 8.49. The Hall–Kier alpha value is -2.15. The van der Waals surface area contributed by atoms with Crippen molar-refractivity contribution in [2.45, 2.75) is 52.0 Å². The molecule has 0 aliphatic heterocycles. The fourth-order valence-corrected chi connectivity index (χ4v) is 4.55. The van der Waals surface area contributed by atoms with Crippen molar-refractivity contribution < 1.29 is 14.0 Å². The summed E-state index contributed by atoms with van der Waals surface area (Å²) in [6, 6.07) is 6.25. The number of aromatic nitrogens is 1. The number of carbonyl (C=O) groups excluding carboxylic acids is 2. The lowest BCUT2D eigenvalue weighted by Gasteiger charge is -2.31. The van der Waals surface area contributed by atoms with Crippen LogP contribution in [-0.2, 0) is 11.2 Å². The summed E-state index contributed by atoms with van der Waals surface area (Å²) in [5.41, 5.74) is 2.45. The Labute approximate surface area is 180 Å². The van der Waals surface area contributed by atoms with Crippen LogP contribution in [0.4, 0.5) is 0 Å². The van der Waals surface area contributed by atoms with Gasteiger partial charge in [0.25, 0.3) is 5.91 Å².